The zero-order valence-corrected chi connectivity index (χ0v) is 15.6. The van der Waals surface area contributed by atoms with Crippen LogP contribution < -0.4 is 14.2 Å². The molecule has 2 aromatic carbocycles. The van der Waals surface area contributed by atoms with Crippen LogP contribution in [-0.2, 0) is 17.1 Å². The highest BCUT2D eigenvalue weighted by Gasteiger charge is 2.22. The van der Waals surface area contributed by atoms with Crippen molar-refractivity contribution in [2.75, 3.05) is 19.8 Å². The largest absolute Gasteiger partial charge is 0.486 e. The summed E-state index contributed by atoms with van der Waals surface area (Å²) < 4.78 is 40.4. The summed E-state index contributed by atoms with van der Waals surface area (Å²) >= 11 is 0. The molecule has 2 heterocycles. The van der Waals surface area contributed by atoms with E-state index in [1.54, 1.807) is 6.07 Å². The van der Waals surface area contributed by atoms with E-state index in [1.165, 1.54) is 12.1 Å². The smallest absolute Gasteiger partial charge is 0.240 e. The van der Waals surface area contributed by atoms with Gasteiger partial charge in [-0.2, -0.15) is 0 Å². The molecule has 0 aliphatic carbocycles. The second-order valence-corrected chi connectivity index (χ2v) is 8.15. The molecule has 1 aliphatic heterocycles. The standard InChI is InChI=1S/C19H20N2O5S/c1-21-12-15(14-4-2-3-5-16(14)21)17(22)11-20-27(23,24)13-6-7-18-19(10-13)26-9-8-25-18/h2-7,10,12,17,20,22H,8-9,11H2,1H3. The third kappa shape index (κ3) is 3.39. The molecule has 7 nitrogen and oxygen atoms in total. The van der Waals surface area contributed by atoms with E-state index in [9.17, 15) is 13.5 Å². The normalized spacial score (nSPS) is 15.0. The SMILES string of the molecule is Cn1cc(C(O)CNS(=O)(=O)c2ccc3c(c2)OCCO3)c2ccccc21. The third-order valence-electron chi connectivity index (χ3n) is 4.58. The molecule has 2 N–H and O–H groups in total. The molecule has 142 valence electrons. The average molecular weight is 388 g/mol. The minimum atomic E-state index is -3.80. The quantitative estimate of drug-likeness (QED) is 0.697. The maximum atomic E-state index is 12.6. The van der Waals surface area contributed by atoms with Gasteiger partial charge in [-0.15, -0.1) is 0 Å². The van der Waals surface area contributed by atoms with Crippen LogP contribution >= 0.6 is 0 Å². The average Bonchev–Trinajstić information content (AvgIpc) is 3.03. The van der Waals surface area contributed by atoms with Crippen molar-refractivity contribution in [3.8, 4) is 11.5 Å². The van der Waals surface area contributed by atoms with Gasteiger partial charge >= 0.3 is 0 Å². The molecule has 27 heavy (non-hydrogen) atoms. The minimum absolute atomic E-state index is 0.0665. The molecule has 4 rings (SSSR count). The van der Waals surface area contributed by atoms with Gasteiger partial charge in [0.15, 0.2) is 11.5 Å². The van der Waals surface area contributed by atoms with E-state index in [0.29, 0.717) is 30.3 Å². The number of aliphatic hydroxyl groups is 1. The van der Waals surface area contributed by atoms with Crippen LogP contribution in [-0.4, -0.2) is 37.8 Å². The van der Waals surface area contributed by atoms with Crippen molar-refractivity contribution in [3.63, 3.8) is 0 Å². The van der Waals surface area contributed by atoms with Gasteiger partial charge in [-0.25, -0.2) is 13.1 Å². The summed E-state index contributed by atoms with van der Waals surface area (Å²) in [4.78, 5) is 0.0665. The Labute approximate surface area is 157 Å². The zero-order valence-electron chi connectivity index (χ0n) is 14.8. The Balaban J connectivity index is 1.53. The van der Waals surface area contributed by atoms with Gasteiger partial charge < -0.3 is 19.1 Å². The molecule has 0 spiro atoms. The van der Waals surface area contributed by atoms with E-state index >= 15 is 0 Å². The van der Waals surface area contributed by atoms with Crippen molar-refractivity contribution < 1.29 is 23.0 Å². The molecule has 0 radical (unpaired) electrons. The maximum absolute atomic E-state index is 12.6. The summed E-state index contributed by atoms with van der Waals surface area (Å²) in [5, 5.41) is 11.4. The van der Waals surface area contributed by atoms with Crippen molar-refractivity contribution in [2.24, 2.45) is 7.05 Å². The second kappa shape index (κ2) is 6.88. The Hall–Kier alpha value is -2.55. The van der Waals surface area contributed by atoms with Crippen LogP contribution in [0.4, 0.5) is 0 Å². The second-order valence-electron chi connectivity index (χ2n) is 6.39. The van der Waals surface area contributed by atoms with Crippen LogP contribution in [0.2, 0.25) is 0 Å². The molecule has 1 aromatic heterocycles. The van der Waals surface area contributed by atoms with Gasteiger partial charge in [0.1, 0.15) is 13.2 Å². The number of aryl methyl sites for hydroxylation is 1. The molecule has 1 aliphatic rings. The van der Waals surface area contributed by atoms with Gasteiger partial charge in [-0.3, -0.25) is 0 Å². The summed E-state index contributed by atoms with van der Waals surface area (Å²) in [6, 6.07) is 12.1. The lowest BCUT2D eigenvalue weighted by molar-refractivity contribution is 0.171. The highest BCUT2D eigenvalue weighted by molar-refractivity contribution is 7.89. The summed E-state index contributed by atoms with van der Waals surface area (Å²) in [6.07, 6.45) is 0.844. The van der Waals surface area contributed by atoms with Gasteiger partial charge in [0.05, 0.1) is 11.0 Å². The Morgan fingerprint density at radius 3 is 2.70 bits per heavy atom. The fourth-order valence-corrected chi connectivity index (χ4v) is 4.26. The number of benzene rings is 2. The molecule has 1 atom stereocenters. The molecule has 3 aromatic rings. The molecule has 0 fully saturated rings. The molecule has 1 unspecified atom stereocenters. The van der Waals surface area contributed by atoms with Gasteiger partial charge in [0, 0.05) is 42.3 Å². The zero-order chi connectivity index (χ0) is 19.0. The lowest BCUT2D eigenvalue weighted by atomic mass is 10.1. The highest BCUT2D eigenvalue weighted by atomic mass is 32.2. The topological polar surface area (TPSA) is 89.8 Å². The first-order chi connectivity index (χ1) is 13.0. The number of rotatable bonds is 5. The number of nitrogens with one attached hydrogen (secondary N) is 1. The first-order valence-corrected chi connectivity index (χ1v) is 10.1. The summed E-state index contributed by atoms with van der Waals surface area (Å²) in [7, 11) is -1.91. The van der Waals surface area contributed by atoms with Crippen LogP contribution in [0.25, 0.3) is 10.9 Å². The first kappa shape index (κ1) is 17.8. The van der Waals surface area contributed by atoms with Gasteiger partial charge in [0.25, 0.3) is 0 Å². The maximum Gasteiger partial charge on any atom is 0.240 e. The Morgan fingerprint density at radius 1 is 1.15 bits per heavy atom. The van der Waals surface area contributed by atoms with E-state index in [0.717, 1.165) is 10.9 Å². The first-order valence-electron chi connectivity index (χ1n) is 8.57. The van der Waals surface area contributed by atoms with E-state index < -0.39 is 16.1 Å². The number of hydrogen-bond acceptors (Lipinski definition) is 5. The Kier molecular flexibility index (Phi) is 4.55. The molecule has 0 saturated heterocycles. The summed E-state index contributed by atoms with van der Waals surface area (Å²) in [5.41, 5.74) is 1.65. The van der Waals surface area contributed by atoms with Gasteiger partial charge in [-0.1, -0.05) is 18.2 Å². The number of ether oxygens (including phenoxy) is 2. The molecular weight excluding hydrogens is 368 g/mol. The van der Waals surface area contributed by atoms with E-state index in [-0.39, 0.29) is 11.4 Å². The van der Waals surface area contributed by atoms with Crippen LogP contribution in [0.3, 0.4) is 0 Å². The summed E-state index contributed by atoms with van der Waals surface area (Å²) in [6.45, 7) is 0.684. The van der Waals surface area contributed by atoms with E-state index in [1.807, 2.05) is 42.1 Å². The Bertz CT molecular complexity index is 1090. The van der Waals surface area contributed by atoms with Crippen molar-refractivity contribution in [1.29, 1.82) is 0 Å². The highest BCUT2D eigenvalue weighted by Crippen LogP contribution is 2.32. The third-order valence-corrected chi connectivity index (χ3v) is 6.00. The van der Waals surface area contributed by atoms with Crippen LogP contribution in [0.15, 0.2) is 53.6 Å². The monoisotopic (exact) mass is 388 g/mol. The van der Waals surface area contributed by atoms with Crippen molar-refractivity contribution >= 4 is 20.9 Å². The predicted molar refractivity (Wildman–Crippen MR) is 100 cm³/mol. The van der Waals surface area contributed by atoms with Crippen LogP contribution in [0, 0.1) is 0 Å². The van der Waals surface area contributed by atoms with Crippen molar-refractivity contribution in [3.05, 3.63) is 54.2 Å². The van der Waals surface area contributed by atoms with Crippen molar-refractivity contribution in [2.45, 2.75) is 11.0 Å². The molecule has 0 bridgehead atoms. The summed E-state index contributed by atoms with van der Waals surface area (Å²) in [5.74, 6) is 0.926. The minimum Gasteiger partial charge on any atom is -0.486 e. The fourth-order valence-electron chi connectivity index (χ4n) is 3.21. The van der Waals surface area contributed by atoms with Crippen molar-refractivity contribution in [1.82, 2.24) is 9.29 Å². The number of hydrogen-bond donors (Lipinski definition) is 2. The number of fused-ring (bicyclic) bond motifs is 2. The number of aliphatic hydroxyl groups excluding tert-OH is 1. The molecule has 8 heteroatoms. The Morgan fingerprint density at radius 2 is 1.89 bits per heavy atom. The van der Waals surface area contributed by atoms with Crippen LogP contribution in [0.5, 0.6) is 11.5 Å². The number of aromatic nitrogens is 1. The lowest BCUT2D eigenvalue weighted by Crippen LogP contribution is -2.28. The molecule has 0 amide bonds. The van der Waals surface area contributed by atoms with E-state index in [4.69, 9.17) is 9.47 Å². The van der Waals surface area contributed by atoms with E-state index in [2.05, 4.69) is 4.72 Å². The van der Waals surface area contributed by atoms with Gasteiger partial charge in [-0.05, 0) is 18.2 Å². The number of sulfonamides is 1. The number of para-hydroxylation sites is 1. The molecular formula is C19H20N2O5S. The van der Waals surface area contributed by atoms with Gasteiger partial charge in [0.2, 0.25) is 10.0 Å². The molecule has 0 saturated carbocycles. The number of nitrogens with zero attached hydrogens (tertiary/aromatic N) is 1. The predicted octanol–water partition coefficient (Wildman–Crippen LogP) is 1.96. The van der Waals surface area contributed by atoms with Crippen LogP contribution in [0.1, 0.15) is 11.7 Å². The fraction of sp³-hybridized carbons (Fsp3) is 0.263. The lowest BCUT2D eigenvalue weighted by Gasteiger charge is -2.19.